The highest BCUT2D eigenvalue weighted by atomic mass is 32.2. The van der Waals surface area contributed by atoms with Crippen LogP contribution in [0.5, 0.6) is 11.5 Å². The summed E-state index contributed by atoms with van der Waals surface area (Å²) in [5.74, 6) is 0.417. The second-order valence-corrected chi connectivity index (χ2v) is 14.7. The van der Waals surface area contributed by atoms with E-state index in [1.807, 2.05) is 91.9 Å². The van der Waals surface area contributed by atoms with Gasteiger partial charge >= 0.3 is 0 Å². The van der Waals surface area contributed by atoms with Crippen LogP contribution < -0.4 is 14.4 Å². The van der Waals surface area contributed by atoms with Gasteiger partial charge in [0.2, 0.25) is 11.8 Å². The molecule has 2 amide bonds. The van der Waals surface area contributed by atoms with Crippen LogP contribution in [-0.4, -0.2) is 43.8 Å². The molecule has 0 spiro atoms. The fraction of sp³-hybridized carbons (Fsp3) is 0.238. The topological polar surface area (TPSA) is 96.0 Å². The number of hydrogen-bond acceptors (Lipinski definition) is 5. The third-order valence-electron chi connectivity index (χ3n) is 9.29. The Labute approximate surface area is 300 Å². The molecule has 0 aromatic heterocycles. The second-order valence-electron chi connectivity index (χ2n) is 12.9. The number of nitrogens with one attached hydrogen (secondary N) is 1. The fourth-order valence-corrected chi connectivity index (χ4v) is 7.88. The minimum atomic E-state index is -4.21. The molecule has 0 bridgehead atoms. The van der Waals surface area contributed by atoms with Crippen LogP contribution in [0.2, 0.25) is 0 Å². The van der Waals surface area contributed by atoms with Crippen molar-refractivity contribution in [3.8, 4) is 11.5 Å². The van der Waals surface area contributed by atoms with Gasteiger partial charge in [-0.25, -0.2) is 8.42 Å². The zero-order valence-electron chi connectivity index (χ0n) is 28.7. The molecular weight excluding hydrogens is 659 g/mol. The third-order valence-corrected chi connectivity index (χ3v) is 11.1. The summed E-state index contributed by atoms with van der Waals surface area (Å²) < 4.78 is 35.8. The lowest BCUT2D eigenvalue weighted by molar-refractivity contribution is -0.140. The Kier molecular flexibility index (Phi) is 11.5. The monoisotopic (exact) mass is 701 g/mol. The maximum absolute atomic E-state index is 14.8. The molecule has 0 aliphatic heterocycles. The van der Waals surface area contributed by atoms with E-state index < -0.39 is 28.5 Å². The summed E-state index contributed by atoms with van der Waals surface area (Å²) >= 11 is 0. The van der Waals surface area contributed by atoms with Crippen LogP contribution in [0.15, 0.2) is 144 Å². The van der Waals surface area contributed by atoms with E-state index >= 15 is 0 Å². The first kappa shape index (κ1) is 35.4. The predicted octanol–water partition coefficient (Wildman–Crippen LogP) is 7.68. The fourth-order valence-electron chi connectivity index (χ4n) is 6.45. The van der Waals surface area contributed by atoms with E-state index in [0.717, 1.165) is 46.7 Å². The van der Waals surface area contributed by atoms with Crippen molar-refractivity contribution in [1.82, 2.24) is 10.2 Å². The normalized spacial score (nSPS) is 13.7. The highest BCUT2D eigenvalue weighted by Gasteiger charge is 2.35. The summed E-state index contributed by atoms with van der Waals surface area (Å²) in [7, 11) is -4.21. The van der Waals surface area contributed by atoms with E-state index in [1.165, 1.54) is 12.1 Å². The van der Waals surface area contributed by atoms with Crippen LogP contribution >= 0.6 is 0 Å². The molecule has 1 N–H and O–H groups in total. The lowest BCUT2D eigenvalue weighted by Gasteiger charge is -2.34. The molecule has 9 heteroatoms. The number of nitrogens with zero attached hydrogens (tertiary/aromatic N) is 2. The van der Waals surface area contributed by atoms with Crippen molar-refractivity contribution in [3.63, 3.8) is 0 Å². The first-order valence-electron chi connectivity index (χ1n) is 17.4. The summed E-state index contributed by atoms with van der Waals surface area (Å²) in [5.41, 5.74) is 3.03. The summed E-state index contributed by atoms with van der Waals surface area (Å²) in [6.45, 7) is 1.57. The van der Waals surface area contributed by atoms with E-state index in [4.69, 9.17) is 4.74 Å². The van der Waals surface area contributed by atoms with Gasteiger partial charge in [-0.15, -0.1) is 0 Å². The van der Waals surface area contributed by atoms with E-state index in [-0.39, 0.29) is 29.8 Å². The Hall–Kier alpha value is -5.41. The van der Waals surface area contributed by atoms with Gasteiger partial charge in [-0.2, -0.15) is 0 Å². The Bertz CT molecular complexity index is 2000. The van der Waals surface area contributed by atoms with Crippen LogP contribution in [0.4, 0.5) is 5.69 Å². The molecule has 51 heavy (non-hydrogen) atoms. The standard InChI is InChI=1S/C42H43N3O5S/c1-32-15-11-12-18-34(32)30-44(40(29-33-16-5-2-6-17-33)42(47)43-35-19-13-14-20-35)41(46)31-45(51(48,49)39-23-9-4-10-24-39)36-25-27-38(28-26-36)50-37-21-7-3-8-22-37/h2-12,15-18,21-28,35,40H,13-14,19-20,29-31H2,1H3,(H,43,47)/t40-/m1/s1. The Morgan fingerprint density at radius 2 is 1.31 bits per heavy atom. The van der Waals surface area contributed by atoms with Gasteiger partial charge in [0.1, 0.15) is 24.1 Å². The summed E-state index contributed by atoms with van der Waals surface area (Å²) in [4.78, 5) is 30.7. The number of carbonyl (C=O) groups is 2. The molecule has 0 heterocycles. The van der Waals surface area contributed by atoms with Crippen molar-refractivity contribution in [2.24, 2.45) is 0 Å². The number of aryl methyl sites for hydroxylation is 1. The van der Waals surface area contributed by atoms with Gasteiger partial charge < -0.3 is 15.0 Å². The quantitative estimate of drug-likeness (QED) is 0.128. The average Bonchev–Trinajstić information content (AvgIpc) is 3.67. The van der Waals surface area contributed by atoms with E-state index in [0.29, 0.717) is 17.2 Å². The minimum Gasteiger partial charge on any atom is -0.457 e. The van der Waals surface area contributed by atoms with Gasteiger partial charge in [-0.3, -0.25) is 13.9 Å². The molecule has 1 atom stereocenters. The van der Waals surface area contributed by atoms with Gasteiger partial charge in [-0.05, 0) is 85.0 Å². The van der Waals surface area contributed by atoms with Crippen molar-refractivity contribution in [1.29, 1.82) is 0 Å². The number of anilines is 1. The average molecular weight is 702 g/mol. The number of benzene rings is 5. The first-order chi connectivity index (χ1) is 24.8. The SMILES string of the molecule is Cc1ccccc1CN(C(=O)CN(c1ccc(Oc2ccccc2)cc1)S(=O)(=O)c1ccccc1)[C@H](Cc1ccccc1)C(=O)NC1CCCC1. The summed E-state index contributed by atoms with van der Waals surface area (Å²) in [6.07, 6.45) is 4.14. The minimum absolute atomic E-state index is 0.0396. The molecule has 1 fully saturated rings. The molecule has 1 aliphatic rings. The Morgan fingerprint density at radius 1 is 0.745 bits per heavy atom. The van der Waals surface area contributed by atoms with Crippen LogP contribution in [-0.2, 0) is 32.6 Å². The molecule has 5 aromatic rings. The largest absolute Gasteiger partial charge is 0.457 e. The van der Waals surface area contributed by atoms with E-state index in [1.54, 1.807) is 47.4 Å². The van der Waals surface area contributed by atoms with Crippen LogP contribution in [0.25, 0.3) is 0 Å². The van der Waals surface area contributed by atoms with Crippen LogP contribution in [0.1, 0.15) is 42.4 Å². The number of ether oxygens (including phenoxy) is 1. The molecule has 262 valence electrons. The van der Waals surface area contributed by atoms with Gasteiger partial charge in [-0.1, -0.05) is 104 Å². The van der Waals surface area contributed by atoms with Gasteiger partial charge in [0.25, 0.3) is 10.0 Å². The Balaban J connectivity index is 1.38. The molecule has 1 saturated carbocycles. The molecule has 0 radical (unpaired) electrons. The van der Waals surface area contributed by atoms with Gasteiger partial charge in [0, 0.05) is 19.0 Å². The number of para-hydroxylation sites is 1. The first-order valence-corrected chi connectivity index (χ1v) is 18.8. The highest BCUT2D eigenvalue weighted by Crippen LogP contribution is 2.29. The predicted molar refractivity (Wildman–Crippen MR) is 200 cm³/mol. The highest BCUT2D eigenvalue weighted by molar-refractivity contribution is 7.92. The van der Waals surface area contributed by atoms with Crippen molar-refractivity contribution >= 4 is 27.5 Å². The van der Waals surface area contributed by atoms with E-state index in [2.05, 4.69) is 5.32 Å². The Morgan fingerprint density at radius 3 is 1.96 bits per heavy atom. The molecule has 0 saturated heterocycles. The number of sulfonamides is 1. The number of amides is 2. The van der Waals surface area contributed by atoms with Crippen molar-refractivity contribution in [2.45, 2.75) is 62.6 Å². The number of hydrogen-bond donors (Lipinski definition) is 1. The smallest absolute Gasteiger partial charge is 0.264 e. The lowest BCUT2D eigenvalue weighted by Crippen LogP contribution is -2.54. The van der Waals surface area contributed by atoms with Crippen molar-refractivity contribution in [3.05, 3.63) is 156 Å². The molecule has 6 rings (SSSR count). The second kappa shape index (κ2) is 16.5. The number of carbonyl (C=O) groups excluding carboxylic acids is 2. The third kappa shape index (κ3) is 9.04. The summed E-state index contributed by atoms with van der Waals surface area (Å²) in [6, 6.07) is 40.5. The molecule has 5 aromatic carbocycles. The van der Waals surface area contributed by atoms with Gasteiger partial charge in [0.15, 0.2) is 0 Å². The maximum atomic E-state index is 14.8. The molecular formula is C42H43N3O5S. The number of rotatable bonds is 14. The zero-order valence-corrected chi connectivity index (χ0v) is 29.5. The van der Waals surface area contributed by atoms with Crippen LogP contribution in [0.3, 0.4) is 0 Å². The molecule has 0 unspecified atom stereocenters. The van der Waals surface area contributed by atoms with Crippen molar-refractivity contribution < 1.29 is 22.7 Å². The lowest BCUT2D eigenvalue weighted by atomic mass is 10.0. The van der Waals surface area contributed by atoms with Crippen LogP contribution in [0, 0.1) is 6.92 Å². The molecule has 1 aliphatic carbocycles. The van der Waals surface area contributed by atoms with Crippen molar-refractivity contribution in [2.75, 3.05) is 10.8 Å². The van der Waals surface area contributed by atoms with Gasteiger partial charge in [0.05, 0.1) is 10.6 Å². The molecule has 8 nitrogen and oxygen atoms in total. The van der Waals surface area contributed by atoms with E-state index in [9.17, 15) is 18.0 Å². The zero-order chi connectivity index (χ0) is 35.6. The summed E-state index contributed by atoms with van der Waals surface area (Å²) in [5, 5.41) is 3.22. The maximum Gasteiger partial charge on any atom is 0.264 e.